The number of nitrogens with two attached hydrogens (primary N) is 1. The van der Waals surface area contributed by atoms with Crippen molar-refractivity contribution in [2.75, 3.05) is 12.9 Å². The van der Waals surface area contributed by atoms with Crippen LogP contribution in [0.5, 0.6) is 0 Å². The van der Waals surface area contributed by atoms with Crippen LogP contribution in [-0.4, -0.2) is 32.9 Å². The molecule has 2 N–H and O–H groups in total. The van der Waals surface area contributed by atoms with Crippen molar-refractivity contribution in [3.63, 3.8) is 0 Å². The molecule has 0 amide bonds. The number of hydrogen-bond acceptors (Lipinski definition) is 4. The van der Waals surface area contributed by atoms with Crippen LogP contribution < -0.4 is 5.73 Å². The average Bonchev–Trinajstić information content (AvgIpc) is 2.28. The Morgan fingerprint density at radius 1 is 1.39 bits per heavy atom. The molecule has 0 saturated carbocycles. The quantitative estimate of drug-likeness (QED) is 0.899. The molecular weight excluding hydrogens is 274 g/mol. The molecule has 1 atom stereocenters. The van der Waals surface area contributed by atoms with Gasteiger partial charge in [-0.15, -0.1) is 0 Å². The standard InChI is InChI=1S/C12H18ClNO3S/c1-12(2,17-3)11(14)8-18(15,16)10-7-5-4-6-9(10)13/h4-7,11H,8,14H2,1-3H3. The molecule has 0 heterocycles. The molecule has 0 aliphatic heterocycles. The third kappa shape index (κ3) is 3.45. The van der Waals surface area contributed by atoms with Crippen LogP contribution in [0.25, 0.3) is 0 Å². The summed E-state index contributed by atoms with van der Waals surface area (Å²) in [4.78, 5) is 0.106. The summed E-state index contributed by atoms with van der Waals surface area (Å²) in [6.07, 6.45) is 0. The molecule has 1 unspecified atom stereocenters. The smallest absolute Gasteiger partial charge is 0.181 e. The van der Waals surface area contributed by atoms with Gasteiger partial charge in [-0.25, -0.2) is 8.42 Å². The Labute approximate surface area is 113 Å². The minimum atomic E-state index is -3.52. The van der Waals surface area contributed by atoms with Crippen LogP contribution in [0.2, 0.25) is 5.02 Å². The van der Waals surface area contributed by atoms with E-state index in [0.29, 0.717) is 0 Å². The lowest BCUT2D eigenvalue weighted by molar-refractivity contribution is 0.00624. The van der Waals surface area contributed by atoms with Crippen LogP contribution in [0.3, 0.4) is 0 Å². The zero-order valence-electron chi connectivity index (χ0n) is 10.7. The summed E-state index contributed by atoms with van der Waals surface area (Å²) in [6.45, 7) is 3.50. The first-order valence-electron chi connectivity index (χ1n) is 5.49. The fourth-order valence-electron chi connectivity index (χ4n) is 1.38. The van der Waals surface area contributed by atoms with E-state index >= 15 is 0 Å². The molecule has 0 spiro atoms. The van der Waals surface area contributed by atoms with Gasteiger partial charge in [0.25, 0.3) is 0 Å². The lowest BCUT2D eigenvalue weighted by Gasteiger charge is -2.29. The van der Waals surface area contributed by atoms with Crippen molar-refractivity contribution in [3.05, 3.63) is 29.3 Å². The number of rotatable bonds is 5. The largest absolute Gasteiger partial charge is 0.377 e. The van der Waals surface area contributed by atoms with Crippen LogP contribution in [0, 0.1) is 0 Å². The van der Waals surface area contributed by atoms with Gasteiger partial charge in [0.05, 0.1) is 21.3 Å². The van der Waals surface area contributed by atoms with Gasteiger partial charge in [0.1, 0.15) is 0 Å². The number of ether oxygens (including phenoxy) is 1. The second kappa shape index (κ2) is 5.57. The Bertz CT molecular complexity index is 514. The topological polar surface area (TPSA) is 69.4 Å². The van der Waals surface area contributed by atoms with E-state index in [4.69, 9.17) is 22.1 Å². The van der Waals surface area contributed by atoms with Crippen molar-refractivity contribution in [2.24, 2.45) is 5.73 Å². The molecule has 0 bridgehead atoms. The van der Waals surface area contributed by atoms with Gasteiger partial charge in [-0.1, -0.05) is 23.7 Å². The SMILES string of the molecule is COC(C)(C)C(N)CS(=O)(=O)c1ccccc1Cl. The molecule has 0 fully saturated rings. The van der Waals surface area contributed by atoms with E-state index in [-0.39, 0.29) is 15.7 Å². The first-order valence-corrected chi connectivity index (χ1v) is 7.52. The third-order valence-corrected chi connectivity index (χ3v) is 5.26. The molecule has 1 aromatic rings. The van der Waals surface area contributed by atoms with Crippen molar-refractivity contribution < 1.29 is 13.2 Å². The molecule has 0 aliphatic carbocycles. The molecule has 18 heavy (non-hydrogen) atoms. The fourth-order valence-corrected chi connectivity index (χ4v) is 3.57. The van der Waals surface area contributed by atoms with Crippen molar-refractivity contribution in [3.8, 4) is 0 Å². The van der Waals surface area contributed by atoms with Gasteiger partial charge >= 0.3 is 0 Å². The molecular formula is C12H18ClNO3S. The van der Waals surface area contributed by atoms with Crippen molar-refractivity contribution in [2.45, 2.75) is 30.4 Å². The predicted octanol–water partition coefficient (Wildman–Crippen LogP) is 1.87. The monoisotopic (exact) mass is 291 g/mol. The summed E-state index contributed by atoms with van der Waals surface area (Å²) in [7, 11) is -2.02. The molecule has 6 heteroatoms. The van der Waals surface area contributed by atoms with Crippen LogP contribution in [0.15, 0.2) is 29.2 Å². The Balaban J connectivity index is 3.01. The molecule has 102 valence electrons. The number of halogens is 1. The number of sulfone groups is 1. The average molecular weight is 292 g/mol. The Kier molecular flexibility index (Phi) is 4.78. The van der Waals surface area contributed by atoms with Gasteiger partial charge in [0.15, 0.2) is 9.84 Å². The molecule has 0 aromatic heterocycles. The number of benzene rings is 1. The summed E-state index contributed by atoms with van der Waals surface area (Å²) < 4.78 is 29.6. The van der Waals surface area contributed by atoms with Crippen LogP contribution in [-0.2, 0) is 14.6 Å². The second-order valence-corrected chi connectivity index (χ2v) is 7.04. The lowest BCUT2D eigenvalue weighted by Crippen LogP contribution is -2.48. The number of hydrogen-bond donors (Lipinski definition) is 1. The highest BCUT2D eigenvalue weighted by Gasteiger charge is 2.31. The van der Waals surface area contributed by atoms with Gasteiger partial charge in [-0.2, -0.15) is 0 Å². The lowest BCUT2D eigenvalue weighted by atomic mass is 10.0. The molecule has 1 rings (SSSR count). The van der Waals surface area contributed by atoms with E-state index in [1.165, 1.54) is 13.2 Å². The van der Waals surface area contributed by atoms with Crippen LogP contribution in [0.1, 0.15) is 13.8 Å². The summed E-state index contributed by atoms with van der Waals surface area (Å²) in [6, 6.07) is 5.70. The highest BCUT2D eigenvalue weighted by Crippen LogP contribution is 2.24. The summed E-state index contributed by atoms with van der Waals surface area (Å²) in [5, 5.41) is 0.208. The van der Waals surface area contributed by atoms with Gasteiger partial charge in [0.2, 0.25) is 0 Å². The Morgan fingerprint density at radius 2 is 1.94 bits per heavy atom. The van der Waals surface area contributed by atoms with Crippen LogP contribution >= 0.6 is 11.6 Å². The van der Waals surface area contributed by atoms with E-state index < -0.39 is 21.5 Å². The fraction of sp³-hybridized carbons (Fsp3) is 0.500. The highest BCUT2D eigenvalue weighted by molar-refractivity contribution is 7.91. The van der Waals surface area contributed by atoms with E-state index in [2.05, 4.69) is 0 Å². The maximum atomic E-state index is 12.2. The van der Waals surface area contributed by atoms with Gasteiger partial charge in [0, 0.05) is 13.2 Å². The van der Waals surface area contributed by atoms with E-state index in [0.717, 1.165) is 0 Å². The molecule has 0 saturated heterocycles. The van der Waals surface area contributed by atoms with Crippen molar-refractivity contribution in [1.29, 1.82) is 0 Å². The highest BCUT2D eigenvalue weighted by atomic mass is 35.5. The molecule has 0 radical (unpaired) electrons. The van der Waals surface area contributed by atoms with Crippen molar-refractivity contribution in [1.82, 2.24) is 0 Å². The normalized spacial score (nSPS) is 14.5. The van der Waals surface area contributed by atoms with E-state index in [9.17, 15) is 8.42 Å². The van der Waals surface area contributed by atoms with Crippen LogP contribution in [0.4, 0.5) is 0 Å². The maximum absolute atomic E-state index is 12.2. The maximum Gasteiger partial charge on any atom is 0.181 e. The summed E-state index contributed by atoms with van der Waals surface area (Å²) >= 11 is 5.89. The summed E-state index contributed by atoms with van der Waals surface area (Å²) in [5.74, 6) is -0.211. The first-order chi connectivity index (χ1) is 8.20. The van der Waals surface area contributed by atoms with Gasteiger partial charge in [-0.05, 0) is 26.0 Å². The molecule has 0 aliphatic rings. The summed E-state index contributed by atoms with van der Waals surface area (Å²) in [5.41, 5.74) is 5.17. The van der Waals surface area contributed by atoms with E-state index in [1.54, 1.807) is 32.0 Å². The van der Waals surface area contributed by atoms with Gasteiger partial charge in [-0.3, -0.25) is 0 Å². The number of methoxy groups -OCH3 is 1. The third-order valence-electron chi connectivity index (χ3n) is 2.99. The van der Waals surface area contributed by atoms with E-state index in [1.807, 2.05) is 0 Å². The minimum absolute atomic E-state index is 0.106. The molecule has 1 aromatic carbocycles. The zero-order chi connectivity index (χ0) is 14.0. The zero-order valence-corrected chi connectivity index (χ0v) is 12.3. The molecule has 4 nitrogen and oxygen atoms in total. The Hall–Kier alpha value is -0.620. The first kappa shape index (κ1) is 15.4. The Morgan fingerprint density at radius 3 is 2.44 bits per heavy atom. The second-order valence-electron chi connectivity index (χ2n) is 4.63. The predicted molar refractivity (Wildman–Crippen MR) is 72.6 cm³/mol. The van der Waals surface area contributed by atoms with Crippen molar-refractivity contribution >= 4 is 21.4 Å². The van der Waals surface area contributed by atoms with Gasteiger partial charge < -0.3 is 10.5 Å². The minimum Gasteiger partial charge on any atom is -0.377 e.